The minimum Gasteiger partial charge on any atom is -0.497 e. The summed E-state index contributed by atoms with van der Waals surface area (Å²) >= 11 is 0. The molecular weight excluding hydrogens is 320 g/mol. The Morgan fingerprint density at radius 3 is 2.48 bits per heavy atom. The Morgan fingerprint density at radius 2 is 1.84 bits per heavy atom. The molecule has 0 saturated heterocycles. The van der Waals surface area contributed by atoms with E-state index in [9.17, 15) is 4.79 Å². The number of benzene rings is 2. The summed E-state index contributed by atoms with van der Waals surface area (Å²) in [5.74, 6) is 1.82. The highest BCUT2D eigenvalue weighted by Gasteiger charge is 2.13. The SMILES string of the molecule is COc1ccc(N)c(NC(=O)c2ccc(OCC(C)C)c(OC)c2)c1. The van der Waals surface area contributed by atoms with Crippen molar-refractivity contribution >= 4 is 17.3 Å². The third kappa shape index (κ3) is 4.79. The number of ether oxygens (including phenoxy) is 3. The Hall–Kier alpha value is -2.89. The van der Waals surface area contributed by atoms with Crippen molar-refractivity contribution in [2.45, 2.75) is 13.8 Å². The molecule has 0 atom stereocenters. The van der Waals surface area contributed by atoms with Gasteiger partial charge in [0.05, 0.1) is 32.2 Å². The summed E-state index contributed by atoms with van der Waals surface area (Å²) in [6.45, 7) is 4.70. The summed E-state index contributed by atoms with van der Waals surface area (Å²) in [6, 6.07) is 10.1. The molecule has 6 heteroatoms. The first-order chi connectivity index (χ1) is 11.9. The van der Waals surface area contributed by atoms with E-state index in [4.69, 9.17) is 19.9 Å². The molecule has 0 saturated carbocycles. The molecule has 0 aliphatic heterocycles. The first-order valence-corrected chi connectivity index (χ1v) is 8.00. The van der Waals surface area contributed by atoms with E-state index in [1.54, 1.807) is 50.6 Å². The van der Waals surface area contributed by atoms with Crippen LogP contribution in [0.25, 0.3) is 0 Å². The van der Waals surface area contributed by atoms with Gasteiger partial charge in [-0.15, -0.1) is 0 Å². The number of carbonyl (C=O) groups is 1. The van der Waals surface area contributed by atoms with Gasteiger partial charge in [-0.3, -0.25) is 4.79 Å². The van der Waals surface area contributed by atoms with Crippen LogP contribution in [0.5, 0.6) is 17.2 Å². The molecule has 6 nitrogen and oxygen atoms in total. The van der Waals surface area contributed by atoms with Crippen molar-refractivity contribution < 1.29 is 19.0 Å². The topological polar surface area (TPSA) is 82.8 Å². The van der Waals surface area contributed by atoms with Crippen LogP contribution in [-0.4, -0.2) is 26.7 Å². The van der Waals surface area contributed by atoms with Gasteiger partial charge in [0.2, 0.25) is 0 Å². The van der Waals surface area contributed by atoms with Gasteiger partial charge in [-0.1, -0.05) is 13.8 Å². The molecular formula is C19H24N2O4. The minimum atomic E-state index is -0.298. The van der Waals surface area contributed by atoms with Crippen LogP contribution in [0.15, 0.2) is 36.4 Å². The summed E-state index contributed by atoms with van der Waals surface area (Å²) < 4.78 is 16.2. The molecule has 0 bridgehead atoms. The van der Waals surface area contributed by atoms with Gasteiger partial charge >= 0.3 is 0 Å². The van der Waals surface area contributed by atoms with Crippen LogP contribution in [0, 0.1) is 5.92 Å². The van der Waals surface area contributed by atoms with Gasteiger partial charge in [0.15, 0.2) is 11.5 Å². The molecule has 0 unspecified atom stereocenters. The molecule has 0 aliphatic rings. The van der Waals surface area contributed by atoms with Gasteiger partial charge in [0, 0.05) is 11.6 Å². The lowest BCUT2D eigenvalue weighted by Gasteiger charge is -2.14. The van der Waals surface area contributed by atoms with Gasteiger partial charge < -0.3 is 25.3 Å². The lowest BCUT2D eigenvalue weighted by atomic mass is 10.1. The van der Waals surface area contributed by atoms with Crippen molar-refractivity contribution in [3.63, 3.8) is 0 Å². The van der Waals surface area contributed by atoms with E-state index in [0.29, 0.717) is 46.7 Å². The number of hydrogen-bond acceptors (Lipinski definition) is 5. The molecule has 0 aromatic heterocycles. The van der Waals surface area contributed by atoms with E-state index in [-0.39, 0.29) is 5.91 Å². The zero-order valence-electron chi connectivity index (χ0n) is 15.0. The van der Waals surface area contributed by atoms with Crippen molar-refractivity contribution in [2.75, 3.05) is 31.9 Å². The molecule has 3 N–H and O–H groups in total. The molecule has 2 rings (SSSR count). The second-order valence-corrected chi connectivity index (χ2v) is 5.98. The number of nitrogens with two attached hydrogens (primary N) is 1. The van der Waals surface area contributed by atoms with Crippen LogP contribution >= 0.6 is 0 Å². The molecule has 0 spiro atoms. The average Bonchev–Trinajstić information content (AvgIpc) is 2.61. The standard InChI is InChI=1S/C19H24N2O4/c1-12(2)11-25-17-8-5-13(9-18(17)24-4)19(22)21-16-10-14(23-3)6-7-15(16)20/h5-10,12H,11,20H2,1-4H3,(H,21,22). The number of anilines is 2. The van der Waals surface area contributed by atoms with Crippen molar-refractivity contribution in [2.24, 2.45) is 5.92 Å². The van der Waals surface area contributed by atoms with Crippen molar-refractivity contribution in [1.29, 1.82) is 0 Å². The molecule has 2 aromatic carbocycles. The Balaban J connectivity index is 2.19. The largest absolute Gasteiger partial charge is 0.497 e. The Morgan fingerprint density at radius 1 is 1.08 bits per heavy atom. The number of rotatable bonds is 7. The molecule has 1 amide bonds. The van der Waals surface area contributed by atoms with Crippen LogP contribution in [0.1, 0.15) is 24.2 Å². The minimum absolute atomic E-state index is 0.298. The van der Waals surface area contributed by atoms with E-state index in [1.165, 1.54) is 0 Å². The highest BCUT2D eigenvalue weighted by atomic mass is 16.5. The molecule has 2 aromatic rings. The summed E-state index contributed by atoms with van der Waals surface area (Å²) in [5.41, 5.74) is 7.29. The maximum atomic E-state index is 12.5. The summed E-state index contributed by atoms with van der Waals surface area (Å²) in [5, 5.41) is 2.78. The average molecular weight is 344 g/mol. The number of carbonyl (C=O) groups excluding carboxylic acids is 1. The third-order valence-corrected chi connectivity index (χ3v) is 3.51. The van der Waals surface area contributed by atoms with E-state index in [1.807, 2.05) is 0 Å². The van der Waals surface area contributed by atoms with E-state index < -0.39 is 0 Å². The number of nitrogen functional groups attached to an aromatic ring is 1. The summed E-state index contributed by atoms with van der Waals surface area (Å²) in [7, 11) is 3.09. The number of methoxy groups -OCH3 is 2. The fraction of sp³-hybridized carbons (Fsp3) is 0.316. The van der Waals surface area contributed by atoms with E-state index >= 15 is 0 Å². The molecule has 0 fully saturated rings. The molecule has 0 radical (unpaired) electrons. The summed E-state index contributed by atoms with van der Waals surface area (Å²) in [4.78, 5) is 12.5. The van der Waals surface area contributed by atoms with Gasteiger partial charge in [-0.05, 0) is 36.2 Å². The first-order valence-electron chi connectivity index (χ1n) is 8.00. The van der Waals surface area contributed by atoms with Gasteiger partial charge in [-0.25, -0.2) is 0 Å². The van der Waals surface area contributed by atoms with Crippen LogP contribution in [0.4, 0.5) is 11.4 Å². The number of nitrogens with one attached hydrogen (secondary N) is 1. The van der Waals surface area contributed by atoms with E-state index in [0.717, 1.165) is 0 Å². The maximum absolute atomic E-state index is 12.5. The Bertz CT molecular complexity index is 744. The number of amides is 1. The van der Waals surface area contributed by atoms with Gasteiger partial charge in [-0.2, -0.15) is 0 Å². The van der Waals surface area contributed by atoms with Crippen LogP contribution in [0.3, 0.4) is 0 Å². The van der Waals surface area contributed by atoms with Crippen molar-refractivity contribution in [3.05, 3.63) is 42.0 Å². The maximum Gasteiger partial charge on any atom is 0.255 e. The predicted molar refractivity (Wildman–Crippen MR) is 98.7 cm³/mol. The second kappa shape index (κ2) is 8.28. The normalized spacial score (nSPS) is 10.4. The molecule has 134 valence electrons. The fourth-order valence-corrected chi connectivity index (χ4v) is 2.15. The first kappa shape index (κ1) is 18.4. The lowest BCUT2D eigenvalue weighted by Crippen LogP contribution is -2.14. The monoisotopic (exact) mass is 344 g/mol. The predicted octanol–water partition coefficient (Wildman–Crippen LogP) is 3.57. The Labute approximate surface area is 147 Å². The molecule has 0 aliphatic carbocycles. The zero-order chi connectivity index (χ0) is 18.4. The van der Waals surface area contributed by atoms with Crippen LogP contribution in [0.2, 0.25) is 0 Å². The van der Waals surface area contributed by atoms with Gasteiger partial charge in [0.1, 0.15) is 5.75 Å². The van der Waals surface area contributed by atoms with E-state index in [2.05, 4.69) is 19.2 Å². The highest BCUT2D eigenvalue weighted by Crippen LogP contribution is 2.30. The van der Waals surface area contributed by atoms with Gasteiger partial charge in [0.25, 0.3) is 5.91 Å². The zero-order valence-corrected chi connectivity index (χ0v) is 15.0. The van der Waals surface area contributed by atoms with Crippen molar-refractivity contribution in [1.82, 2.24) is 0 Å². The highest BCUT2D eigenvalue weighted by molar-refractivity contribution is 6.06. The van der Waals surface area contributed by atoms with Crippen molar-refractivity contribution in [3.8, 4) is 17.2 Å². The smallest absolute Gasteiger partial charge is 0.255 e. The number of hydrogen-bond donors (Lipinski definition) is 2. The van der Waals surface area contributed by atoms with Crippen LogP contribution in [-0.2, 0) is 0 Å². The Kier molecular flexibility index (Phi) is 6.11. The third-order valence-electron chi connectivity index (χ3n) is 3.51. The lowest BCUT2D eigenvalue weighted by molar-refractivity contribution is 0.102. The molecule has 25 heavy (non-hydrogen) atoms. The fourth-order valence-electron chi connectivity index (χ4n) is 2.15. The second-order valence-electron chi connectivity index (χ2n) is 5.98. The quantitative estimate of drug-likeness (QED) is 0.750. The summed E-state index contributed by atoms with van der Waals surface area (Å²) in [6.07, 6.45) is 0. The molecule has 0 heterocycles. The van der Waals surface area contributed by atoms with Crippen LogP contribution < -0.4 is 25.3 Å².